The number of tetrazole rings is 1. The Bertz CT molecular complexity index is 801. The van der Waals surface area contributed by atoms with Crippen LogP contribution in [0.15, 0.2) is 18.5 Å². The maximum atomic E-state index is 5.13. The molecular formula is C12H12N8O. The van der Waals surface area contributed by atoms with E-state index in [1.807, 2.05) is 6.07 Å². The summed E-state index contributed by atoms with van der Waals surface area (Å²) in [6.45, 7) is 1.48. The molecule has 4 heterocycles. The molecule has 0 bridgehead atoms. The summed E-state index contributed by atoms with van der Waals surface area (Å²) in [6.07, 6.45) is 4.22. The second-order valence-electron chi connectivity index (χ2n) is 4.73. The molecule has 1 aliphatic rings. The highest BCUT2D eigenvalue weighted by molar-refractivity contribution is 5.63. The number of anilines is 1. The van der Waals surface area contributed by atoms with Gasteiger partial charge in [-0.2, -0.15) is 9.61 Å². The second kappa shape index (κ2) is 4.62. The van der Waals surface area contributed by atoms with Gasteiger partial charge in [-0.15, -0.1) is 10.2 Å². The Kier molecular flexibility index (Phi) is 2.62. The van der Waals surface area contributed by atoms with E-state index in [1.54, 1.807) is 24.0 Å². The standard InChI is InChI=1S/C12H12N8O/c1-21-10-6-8-7-19(4-2-9(8)14-15-10)11-12-16-17-18-20(12)5-3-13-11/h3,5-6H,2,4,7H2,1H3. The van der Waals surface area contributed by atoms with Gasteiger partial charge in [0, 0.05) is 37.3 Å². The molecule has 0 amide bonds. The van der Waals surface area contributed by atoms with Gasteiger partial charge in [-0.05, 0) is 10.4 Å². The van der Waals surface area contributed by atoms with Crippen LogP contribution < -0.4 is 9.64 Å². The van der Waals surface area contributed by atoms with Crippen LogP contribution in [-0.4, -0.2) is 48.9 Å². The first-order valence-corrected chi connectivity index (χ1v) is 6.52. The SMILES string of the molecule is COc1cc2c(nn1)CCN(c1nccn3nnnc13)C2. The molecule has 0 unspecified atom stereocenters. The Morgan fingerprint density at radius 3 is 3.10 bits per heavy atom. The lowest BCUT2D eigenvalue weighted by atomic mass is 10.1. The van der Waals surface area contributed by atoms with Crippen molar-refractivity contribution in [2.45, 2.75) is 13.0 Å². The third-order valence-electron chi connectivity index (χ3n) is 3.52. The van der Waals surface area contributed by atoms with Gasteiger partial charge in [0.1, 0.15) is 0 Å². The lowest BCUT2D eigenvalue weighted by Crippen LogP contribution is -2.32. The molecule has 0 spiro atoms. The molecule has 0 aliphatic carbocycles. The largest absolute Gasteiger partial charge is 0.480 e. The minimum absolute atomic E-state index is 0.519. The first-order valence-electron chi connectivity index (χ1n) is 6.52. The van der Waals surface area contributed by atoms with Crippen LogP contribution in [0.1, 0.15) is 11.3 Å². The summed E-state index contributed by atoms with van der Waals surface area (Å²) in [5.41, 5.74) is 2.73. The topological polar surface area (TPSA) is 94.2 Å². The molecular weight excluding hydrogens is 272 g/mol. The smallest absolute Gasteiger partial charge is 0.233 e. The van der Waals surface area contributed by atoms with Crippen LogP contribution in [0.5, 0.6) is 5.88 Å². The van der Waals surface area contributed by atoms with Crippen LogP contribution in [0.2, 0.25) is 0 Å². The number of methoxy groups -OCH3 is 1. The molecule has 0 aromatic carbocycles. The monoisotopic (exact) mass is 284 g/mol. The van der Waals surface area contributed by atoms with Crippen LogP contribution in [0.3, 0.4) is 0 Å². The first kappa shape index (κ1) is 11.9. The van der Waals surface area contributed by atoms with Gasteiger partial charge in [-0.1, -0.05) is 0 Å². The predicted molar refractivity (Wildman–Crippen MR) is 71.9 cm³/mol. The highest BCUT2D eigenvalue weighted by Gasteiger charge is 2.22. The van der Waals surface area contributed by atoms with Crippen LogP contribution in [0, 0.1) is 0 Å². The van der Waals surface area contributed by atoms with Gasteiger partial charge < -0.3 is 9.64 Å². The third kappa shape index (κ3) is 1.93. The average molecular weight is 284 g/mol. The van der Waals surface area contributed by atoms with E-state index >= 15 is 0 Å². The minimum Gasteiger partial charge on any atom is -0.480 e. The van der Waals surface area contributed by atoms with E-state index in [-0.39, 0.29) is 0 Å². The lowest BCUT2D eigenvalue weighted by molar-refractivity contribution is 0.389. The van der Waals surface area contributed by atoms with Gasteiger partial charge in [0.05, 0.1) is 19.0 Å². The minimum atomic E-state index is 0.519. The van der Waals surface area contributed by atoms with Crippen molar-refractivity contribution in [2.75, 3.05) is 18.6 Å². The Balaban J connectivity index is 1.73. The van der Waals surface area contributed by atoms with E-state index < -0.39 is 0 Å². The third-order valence-corrected chi connectivity index (χ3v) is 3.52. The van der Waals surface area contributed by atoms with Gasteiger partial charge in [-0.25, -0.2) is 4.98 Å². The fraction of sp³-hybridized carbons (Fsp3) is 0.333. The highest BCUT2D eigenvalue weighted by Crippen LogP contribution is 2.25. The number of ether oxygens (including phenoxy) is 1. The van der Waals surface area contributed by atoms with E-state index in [9.17, 15) is 0 Å². The van der Waals surface area contributed by atoms with Crippen molar-refractivity contribution < 1.29 is 4.74 Å². The predicted octanol–water partition coefficient (Wildman–Crippen LogP) is -0.119. The molecule has 3 aromatic rings. The highest BCUT2D eigenvalue weighted by atomic mass is 16.5. The Morgan fingerprint density at radius 1 is 1.24 bits per heavy atom. The van der Waals surface area contributed by atoms with Crippen LogP contribution in [-0.2, 0) is 13.0 Å². The molecule has 0 radical (unpaired) electrons. The summed E-state index contributed by atoms with van der Waals surface area (Å²) < 4.78 is 6.75. The first-order chi connectivity index (χ1) is 10.3. The van der Waals surface area contributed by atoms with Crippen molar-refractivity contribution in [3.63, 3.8) is 0 Å². The number of aromatic nitrogens is 7. The molecule has 0 atom stereocenters. The van der Waals surface area contributed by atoms with Gasteiger partial charge in [-0.3, -0.25) is 0 Å². The molecule has 0 N–H and O–H groups in total. The van der Waals surface area contributed by atoms with E-state index in [0.29, 0.717) is 18.1 Å². The fourth-order valence-corrected chi connectivity index (χ4v) is 2.48. The zero-order chi connectivity index (χ0) is 14.2. The van der Waals surface area contributed by atoms with Crippen molar-refractivity contribution in [3.05, 3.63) is 29.7 Å². The van der Waals surface area contributed by atoms with Gasteiger partial charge >= 0.3 is 0 Å². The van der Waals surface area contributed by atoms with Crippen molar-refractivity contribution in [2.24, 2.45) is 0 Å². The number of hydrogen-bond donors (Lipinski definition) is 0. The van der Waals surface area contributed by atoms with E-state index in [4.69, 9.17) is 4.74 Å². The van der Waals surface area contributed by atoms with Crippen molar-refractivity contribution in [1.29, 1.82) is 0 Å². The van der Waals surface area contributed by atoms with Gasteiger partial charge in [0.25, 0.3) is 0 Å². The fourth-order valence-electron chi connectivity index (χ4n) is 2.48. The van der Waals surface area contributed by atoms with Crippen molar-refractivity contribution in [1.82, 2.24) is 35.2 Å². The number of fused-ring (bicyclic) bond motifs is 2. The maximum absolute atomic E-state index is 5.13. The number of rotatable bonds is 2. The molecule has 0 saturated carbocycles. The van der Waals surface area contributed by atoms with Gasteiger partial charge in [0.2, 0.25) is 11.5 Å². The summed E-state index contributed by atoms with van der Waals surface area (Å²) in [5, 5.41) is 19.8. The molecule has 0 fully saturated rings. The zero-order valence-corrected chi connectivity index (χ0v) is 11.3. The molecule has 9 nitrogen and oxygen atoms in total. The van der Waals surface area contributed by atoms with E-state index in [0.717, 1.165) is 30.0 Å². The molecule has 1 aliphatic heterocycles. The van der Waals surface area contributed by atoms with Crippen molar-refractivity contribution >= 4 is 11.5 Å². The number of nitrogens with zero attached hydrogens (tertiary/aromatic N) is 8. The summed E-state index contributed by atoms with van der Waals surface area (Å²) in [6, 6.07) is 1.91. The Hall–Kier alpha value is -2.84. The molecule has 9 heteroatoms. The zero-order valence-electron chi connectivity index (χ0n) is 11.3. The maximum Gasteiger partial charge on any atom is 0.233 e. The van der Waals surface area contributed by atoms with Gasteiger partial charge in [0.15, 0.2) is 5.82 Å². The molecule has 4 rings (SSSR count). The van der Waals surface area contributed by atoms with Crippen LogP contribution >= 0.6 is 0 Å². The van der Waals surface area contributed by atoms with Crippen molar-refractivity contribution in [3.8, 4) is 5.88 Å². The van der Waals surface area contributed by atoms with Crippen LogP contribution in [0.25, 0.3) is 5.65 Å². The lowest BCUT2D eigenvalue weighted by Gasteiger charge is -2.28. The number of hydrogen-bond acceptors (Lipinski definition) is 8. The summed E-state index contributed by atoms with van der Waals surface area (Å²) in [5.74, 6) is 1.29. The summed E-state index contributed by atoms with van der Waals surface area (Å²) in [7, 11) is 1.58. The van der Waals surface area contributed by atoms with Crippen LogP contribution in [0.4, 0.5) is 5.82 Å². The Morgan fingerprint density at radius 2 is 2.19 bits per heavy atom. The summed E-state index contributed by atoms with van der Waals surface area (Å²) in [4.78, 5) is 6.55. The molecule has 106 valence electrons. The Labute approximate surface area is 119 Å². The normalized spacial score (nSPS) is 14.2. The molecule has 3 aromatic heterocycles. The van der Waals surface area contributed by atoms with E-state index in [2.05, 4.69) is 35.6 Å². The molecule has 21 heavy (non-hydrogen) atoms. The second-order valence-corrected chi connectivity index (χ2v) is 4.73. The average Bonchev–Trinajstić information content (AvgIpc) is 3.02. The molecule has 0 saturated heterocycles. The summed E-state index contributed by atoms with van der Waals surface area (Å²) >= 11 is 0. The van der Waals surface area contributed by atoms with E-state index in [1.165, 1.54) is 0 Å². The quantitative estimate of drug-likeness (QED) is 0.643.